The lowest BCUT2D eigenvalue weighted by Gasteiger charge is -2.00. The van der Waals surface area contributed by atoms with Gasteiger partial charge < -0.3 is 4.98 Å². The van der Waals surface area contributed by atoms with E-state index in [1.165, 1.54) is 0 Å². The Morgan fingerprint density at radius 2 is 2.50 bits per heavy atom. The molecule has 0 aliphatic heterocycles. The van der Waals surface area contributed by atoms with Crippen LogP contribution >= 0.6 is 0 Å². The number of imidazole rings is 1. The second-order valence-electron chi connectivity index (χ2n) is 2.44. The Balaban J connectivity index is 2.92. The number of aromatic nitrogens is 2. The van der Waals surface area contributed by atoms with Crippen molar-refractivity contribution >= 4 is 0 Å². The summed E-state index contributed by atoms with van der Waals surface area (Å²) in [6.45, 7) is 7.80. The van der Waals surface area contributed by atoms with Crippen molar-refractivity contribution in [3.05, 3.63) is 30.4 Å². The summed E-state index contributed by atoms with van der Waals surface area (Å²) in [4.78, 5) is 7.18. The lowest BCUT2D eigenvalue weighted by molar-refractivity contribution is 0.909. The number of hydrogen-bond donors (Lipinski definition) is 1. The average molecular weight is 136 g/mol. The number of aryl methyl sites for hydroxylation is 1. The molecule has 0 spiro atoms. The molecule has 54 valence electrons. The van der Waals surface area contributed by atoms with Crippen molar-refractivity contribution in [1.82, 2.24) is 9.97 Å². The molecule has 1 aromatic heterocycles. The third-order valence-corrected chi connectivity index (χ3v) is 1.65. The SMILES string of the molecule is C=CC(C)c1nc[nH]c1C. The Kier molecular flexibility index (Phi) is 1.90. The first-order valence-electron chi connectivity index (χ1n) is 3.38. The molecule has 0 bridgehead atoms. The zero-order chi connectivity index (χ0) is 7.56. The number of nitrogens with one attached hydrogen (secondary N) is 1. The highest BCUT2D eigenvalue weighted by Crippen LogP contribution is 2.15. The molecule has 0 aliphatic rings. The van der Waals surface area contributed by atoms with Gasteiger partial charge in [0.2, 0.25) is 0 Å². The summed E-state index contributed by atoms with van der Waals surface area (Å²) in [6, 6.07) is 0. The molecule has 1 heterocycles. The summed E-state index contributed by atoms with van der Waals surface area (Å²) in [5.41, 5.74) is 2.22. The normalized spacial score (nSPS) is 13.0. The quantitative estimate of drug-likeness (QED) is 0.619. The smallest absolute Gasteiger partial charge is 0.0925 e. The van der Waals surface area contributed by atoms with E-state index in [-0.39, 0.29) is 0 Å². The van der Waals surface area contributed by atoms with Crippen LogP contribution in [0.5, 0.6) is 0 Å². The first kappa shape index (κ1) is 7.06. The third-order valence-electron chi connectivity index (χ3n) is 1.65. The molecule has 1 unspecified atom stereocenters. The molecule has 0 radical (unpaired) electrons. The van der Waals surface area contributed by atoms with E-state index in [0.29, 0.717) is 5.92 Å². The van der Waals surface area contributed by atoms with Crippen molar-refractivity contribution in [2.24, 2.45) is 0 Å². The van der Waals surface area contributed by atoms with E-state index in [9.17, 15) is 0 Å². The minimum absolute atomic E-state index is 0.353. The molecule has 1 N–H and O–H groups in total. The predicted molar refractivity (Wildman–Crippen MR) is 41.9 cm³/mol. The predicted octanol–water partition coefficient (Wildman–Crippen LogP) is 2.01. The maximum absolute atomic E-state index is 4.16. The number of H-pyrrole nitrogens is 1. The number of nitrogens with zero attached hydrogens (tertiary/aromatic N) is 1. The topological polar surface area (TPSA) is 28.7 Å². The van der Waals surface area contributed by atoms with E-state index in [1.54, 1.807) is 6.33 Å². The van der Waals surface area contributed by atoms with Gasteiger partial charge in [-0.05, 0) is 6.92 Å². The molecule has 0 aromatic carbocycles. The van der Waals surface area contributed by atoms with E-state index in [4.69, 9.17) is 0 Å². The molecule has 2 heteroatoms. The van der Waals surface area contributed by atoms with Crippen molar-refractivity contribution in [2.45, 2.75) is 19.8 Å². The number of rotatable bonds is 2. The first-order chi connectivity index (χ1) is 4.75. The Hall–Kier alpha value is -1.05. The van der Waals surface area contributed by atoms with Gasteiger partial charge in [0.1, 0.15) is 0 Å². The van der Waals surface area contributed by atoms with Crippen molar-refractivity contribution in [1.29, 1.82) is 0 Å². The van der Waals surface area contributed by atoms with Gasteiger partial charge in [-0.15, -0.1) is 6.58 Å². The van der Waals surface area contributed by atoms with Crippen LogP contribution in [-0.2, 0) is 0 Å². The Labute approximate surface area is 61.0 Å². The van der Waals surface area contributed by atoms with Gasteiger partial charge in [0.25, 0.3) is 0 Å². The van der Waals surface area contributed by atoms with Gasteiger partial charge >= 0.3 is 0 Å². The molecule has 0 fully saturated rings. The van der Waals surface area contributed by atoms with E-state index in [1.807, 2.05) is 13.0 Å². The summed E-state index contributed by atoms with van der Waals surface area (Å²) in [5.74, 6) is 0.353. The van der Waals surface area contributed by atoms with E-state index in [2.05, 4.69) is 23.5 Å². The fourth-order valence-corrected chi connectivity index (χ4v) is 0.940. The fraction of sp³-hybridized carbons (Fsp3) is 0.375. The Morgan fingerprint density at radius 3 is 2.90 bits per heavy atom. The van der Waals surface area contributed by atoms with Crippen molar-refractivity contribution in [2.75, 3.05) is 0 Å². The van der Waals surface area contributed by atoms with Gasteiger partial charge in [-0.1, -0.05) is 13.0 Å². The molecule has 0 amide bonds. The van der Waals surface area contributed by atoms with Crippen LogP contribution in [0, 0.1) is 6.92 Å². The molecule has 1 aromatic rings. The lowest BCUT2D eigenvalue weighted by Crippen LogP contribution is -1.90. The van der Waals surface area contributed by atoms with Gasteiger partial charge in [-0.3, -0.25) is 0 Å². The minimum Gasteiger partial charge on any atom is -0.348 e. The minimum atomic E-state index is 0.353. The summed E-state index contributed by atoms with van der Waals surface area (Å²) in [7, 11) is 0. The molecule has 1 atom stereocenters. The molecule has 0 saturated heterocycles. The lowest BCUT2D eigenvalue weighted by atomic mass is 10.1. The number of hydrogen-bond acceptors (Lipinski definition) is 1. The van der Waals surface area contributed by atoms with Crippen LogP contribution in [0.1, 0.15) is 24.2 Å². The summed E-state index contributed by atoms with van der Waals surface area (Å²) < 4.78 is 0. The van der Waals surface area contributed by atoms with Crippen LogP contribution in [0.25, 0.3) is 0 Å². The highest BCUT2D eigenvalue weighted by atomic mass is 14.9. The van der Waals surface area contributed by atoms with Crippen LogP contribution in [0.4, 0.5) is 0 Å². The van der Waals surface area contributed by atoms with E-state index < -0.39 is 0 Å². The summed E-state index contributed by atoms with van der Waals surface area (Å²) >= 11 is 0. The maximum Gasteiger partial charge on any atom is 0.0925 e. The van der Waals surface area contributed by atoms with Gasteiger partial charge in [0.15, 0.2) is 0 Å². The zero-order valence-corrected chi connectivity index (χ0v) is 6.39. The molecular formula is C8H12N2. The van der Waals surface area contributed by atoms with Crippen molar-refractivity contribution in [3.63, 3.8) is 0 Å². The molecule has 0 saturated carbocycles. The van der Waals surface area contributed by atoms with Crippen LogP contribution in [0.3, 0.4) is 0 Å². The molecule has 0 aliphatic carbocycles. The van der Waals surface area contributed by atoms with Gasteiger partial charge in [-0.25, -0.2) is 4.98 Å². The van der Waals surface area contributed by atoms with Crippen LogP contribution < -0.4 is 0 Å². The molecule has 10 heavy (non-hydrogen) atoms. The average Bonchev–Trinajstić information content (AvgIpc) is 2.34. The molecular weight excluding hydrogens is 124 g/mol. The summed E-state index contributed by atoms with van der Waals surface area (Å²) in [5, 5.41) is 0. The second-order valence-corrected chi connectivity index (χ2v) is 2.44. The van der Waals surface area contributed by atoms with Crippen LogP contribution in [0.2, 0.25) is 0 Å². The van der Waals surface area contributed by atoms with Gasteiger partial charge in [0, 0.05) is 11.6 Å². The standard InChI is InChI=1S/C8H12N2/c1-4-6(2)8-7(3)9-5-10-8/h4-6H,1H2,2-3H3,(H,9,10). The fourth-order valence-electron chi connectivity index (χ4n) is 0.940. The summed E-state index contributed by atoms with van der Waals surface area (Å²) in [6.07, 6.45) is 3.60. The van der Waals surface area contributed by atoms with Gasteiger partial charge in [0.05, 0.1) is 12.0 Å². The van der Waals surface area contributed by atoms with Crippen molar-refractivity contribution in [3.8, 4) is 0 Å². The zero-order valence-electron chi connectivity index (χ0n) is 6.39. The Morgan fingerprint density at radius 1 is 1.80 bits per heavy atom. The third kappa shape index (κ3) is 1.10. The number of allylic oxidation sites excluding steroid dienone is 1. The largest absolute Gasteiger partial charge is 0.348 e. The van der Waals surface area contributed by atoms with Gasteiger partial charge in [-0.2, -0.15) is 0 Å². The highest BCUT2D eigenvalue weighted by molar-refractivity contribution is 5.17. The van der Waals surface area contributed by atoms with Crippen LogP contribution in [-0.4, -0.2) is 9.97 Å². The van der Waals surface area contributed by atoms with Crippen LogP contribution in [0.15, 0.2) is 19.0 Å². The first-order valence-corrected chi connectivity index (χ1v) is 3.38. The monoisotopic (exact) mass is 136 g/mol. The number of aromatic amines is 1. The molecule has 2 nitrogen and oxygen atoms in total. The Bertz CT molecular complexity index is 225. The van der Waals surface area contributed by atoms with E-state index in [0.717, 1.165) is 11.4 Å². The second kappa shape index (κ2) is 2.69. The van der Waals surface area contributed by atoms with Crippen molar-refractivity contribution < 1.29 is 0 Å². The highest BCUT2D eigenvalue weighted by Gasteiger charge is 2.05. The maximum atomic E-state index is 4.16. The van der Waals surface area contributed by atoms with E-state index >= 15 is 0 Å². The molecule has 1 rings (SSSR count).